The maximum absolute atomic E-state index is 10.4. The zero-order chi connectivity index (χ0) is 10.7. The number of nitrogens with zero attached hydrogens (tertiary/aromatic N) is 1. The van der Waals surface area contributed by atoms with Crippen LogP contribution in [0.4, 0.5) is 4.79 Å². The molecule has 0 unspecified atom stereocenters. The van der Waals surface area contributed by atoms with E-state index in [0.29, 0.717) is 0 Å². The van der Waals surface area contributed by atoms with E-state index in [9.17, 15) is 4.79 Å². The zero-order valence-electron chi connectivity index (χ0n) is 7.97. The summed E-state index contributed by atoms with van der Waals surface area (Å²) in [4.78, 5) is 15.5. The van der Waals surface area contributed by atoms with Crippen molar-refractivity contribution in [1.29, 1.82) is 0 Å². The molecular weight excluding hydrogens is 196 g/mol. The summed E-state index contributed by atoms with van der Waals surface area (Å²) in [5.41, 5.74) is 6.78. The summed E-state index contributed by atoms with van der Waals surface area (Å²) < 4.78 is 4.68. The fraction of sp³-hybridized carbons (Fsp3) is 0.200. The molecule has 0 saturated heterocycles. The molecule has 1 aliphatic heterocycles. The van der Waals surface area contributed by atoms with Gasteiger partial charge in [0.15, 0.2) is 5.75 Å². The molecule has 5 heteroatoms. The lowest BCUT2D eigenvalue weighted by atomic mass is 10.1. The van der Waals surface area contributed by atoms with Gasteiger partial charge < -0.3 is 15.3 Å². The summed E-state index contributed by atoms with van der Waals surface area (Å²) in [7, 11) is 0. The Morgan fingerprint density at radius 3 is 3.27 bits per heavy atom. The van der Waals surface area contributed by atoms with Gasteiger partial charge in [-0.15, -0.1) is 0 Å². The minimum atomic E-state index is -0.773. The van der Waals surface area contributed by atoms with Crippen LogP contribution in [0.25, 0.3) is 0 Å². The lowest BCUT2D eigenvalue weighted by molar-refractivity contribution is 0.150. The average molecular weight is 206 g/mol. The van der Waals surface area contributed by atoms with Crippen LogP contribution in [0.2, 0.25) is 0 Å². The van der Waals surface area contributed by atoms with Crippen LogP contribution in [0, 0.1) is 0 Å². The van der Waals surface area contributed by atoms with Crippen LogP contribution >= 0.6 is 0 Å². The molecule has 2 N–H and O–H groups in total. The molecule has 0 radical (unpaired) electrons. The number of oxime groups is 1. The minimum Gasteiger partial charge on any atom is -0.445 e. The van der Waals surface area contributed by atoms with Gasteiger partial charge in [0.05, 0.1) is 0 Å². The van der Waals surface area contributed by atoms with Gasteiger partial charge in [0.25, 0.3) is 0 Å². The molecule has 1 heterocycles. The highest BCUT2D eigenvalue weighted by Gasteiger charge is 2.08. The van der Waals surface area contributed by atoms with Gasteiger partial charge in [-0.2, -0.15) is 0 Å². The van der Waals surface area contributed by atoms with Gasteiger partial charge in [-0.3, -0.25) is 0 Å². The first-order valence-electron chi connectivity index (χ1n) is 4.48. The predicted molar refractivity (Wildman–Crippen MR) is 53.6 cm³/mol. The van der Waals surface area contributed by atoms with Gasteiger partial charge >= 0.3 is 6.09 Å². The monoisotopic (exact) mass is 206 g/mol. The number of primary amides is 1. The van der Waals surface area contributed by atoms with Crippen molar-refractivity contribution in [3.8, 4) is 5.75 Å². The predicted octanol–water partition coefficient (Wildman–Crippen LogP) is 1.20. The molecule has 1 aromatic rings. The number of nitrogens with two attached hydrogens (primary N) is 1. The van der Waals surface area contributed by atoms with Crippen LogP contribution in [0.15, 0.2) is 23.4 Å². The second kappa shape index (κ2) is 4.00. The fourth-order valence-corrected chi connectivity index (χ4v) is 1.36. The number of hydrogen-bond acceptors (Lipinski definition) is 4. The summed E-state index contributed by atoms with van der Waals surface area (Å²) >= 11 is 0. The Bertz CT molecular complexity index is 415. The maximum Gasteiger partial charge on any atom is 0.404 e. The molecule has 0 saturated carbocycles. The van der Waals surface area contributed by atoms with E-state index in [0.717, 1.165) is 23.3 Å². The molecule has 15 heavy (non-hydrogen) atoms. The number of rotatable bonds is 2. The van der Waals surface area contributed by atoms with Crippen molar-refractivity contribution in [2.24, 2.45) is 10.9 Å². The highest BCUT2D eigenvalue weighted by molar-refractivity contribution is 5.65. The van der Waals surface area contributed by atoms with E-state index >= 15 is 0 Å². The van der Waals surface area contributed by atoms with Gasteiger partial charge in [-0.1, -0.05) is 11.2 Å². The largest absolute Gasteiger partial charge is 0.445 e. The third-order valence-electron chi connectivity index (χ3n) is 2.04. The summed E-state index contributed by atoms with van der Waals surface area (Å²) in [5, 5.41) is 3.69. The smallest absolute Gasteiger partial charge is 0.404 e. The standard InChI is InChI=1S/C10H10N2O3/c11-10(13)14-6-7-1-2-9-8(5-7)3-4-12-15-9/h1-2,4-5H,3,6H2,(H2,11,13). The number of hydrogen-bond donors (Lipinski definition) is 1. The molecule has 1 amide bonds. The second-order valence-corrected chi connectivity index (χ2v) is 3.13. The van der Waals surface area contributed by atoms with E-state index < -0.39 is 6.09 Å². The highest BCUT2D eigenvalue weighted by atomic mass is 16.6. The highest BCUT2D eigenvalue weighted by Crippen LogP contribution is 2.23. The van der Waals surface area contributed by atoms with E-state index in [-0.39, 0.29) is 6.61 Å². The minimum absolute atomic E-state index is 0.180. The van der Waals surface area contributed by atoms with E-state index in [2.05, 4.69) is 9.89 Å². The number of carbonyl (C=O) groups excluding carboxylic acids is 1. The van der Waals surface area contributed by atoms with Crippen LogP contribution in [-0.2, 0) is 17.8 Å². The van der Waals surface area contributed by atoms with E-state index in [1.165, 1.54) is 0 Å². The molecule has 0 atom stereocenters. The first kappa shape index (κ1) is 9.51. The topological polar surface area (TPSA) is 73.9 Å². The number of ether oxygens (including phenoxy) is 1. The van der Waals surface area contributed by atoms with Crippen molar-refractivity contribution in [1.82, 2.24) is 0 Å². The number of carbonyl (C=O) groups is 1. The number of fused-ring (bicyclic) bond motifs is 1. The summed E-state index contributed by atoms with van der Waals surface area (Å²) in [6.07, 6.45) is 1.63. The molecule has 78 valence electrons. The number of amides is 1. The van der Waals surface area contributed by atoms with Gasteiger partial charge in [-0.25, -0.2) is 4.79 Å². The molecule has 0 spiro atoms. The van der Waals surface area contributed by atoms with Crippen LogP contribution in [0.5, 0.6) is 5.75 Å². The van der Waals surface area contributed by atoms with Gasteiger partial charge in [-0.05, 0) is 17.7 Å². The molecule has 0 fully saturated rings. The van der Waals surface area contributed by atoms with E-state index in [1.54, 1.807) is 12.3 Å². The molecule has 2 rings (SSSR count). The van der Waals surface area contributed by atoms with E-state index in [4.69, 9.17) is 10.6 Å². The molecule has 0 bridgehead atoms. The van der Waals surface area contributed by atoms with Gasteiger partial charge in [0.1, 0.15) is 6.61 Å². The molecule has 5 nitrogen and oxygen atoms in total. The van der Waals surface area contributed by atoms with Crippen molar-refractivity contribution in [2.45, 2.75) is 13.0 Å². The Morgan fingerprint density at radius 1 is 1.60 bits per heavy atom. The van der Waals surface area contributed by atoms with Crippen LogP contribution in [0.3, 0.4) is 0 Å². The third kappa shape index (κ3) is 2.25. The van der Waals surface area contributed by atoms with Crippen molar-refractivity contribution in [3.05, 3.63) is 29.3 Å². The molecule has 0 aromatic heterocycles. The molecule has 1 aromatic carbocycles. The van der Waals surface area contributed by atoms with E-state index in [1.807, 2.05) is 12.1 Å². The lowest BCUT2D eigenvalue weighted by Gasteiger charge is -2.11. The van der Waals surface area contributed by atoms with Gasteiger partial charge in [0, 0.05) is 18.2 Å². The SMILES string of the molecule is NC(=O)OCc1ccc2c(c1)CC=NO2. The first-order chi connectivity index (χ1) is 7.25. The second-order valence-electron chi connectivity index (χ2n) is 3.13. The summed E-state index contributed by atoms with van der Waals surface area (Å²) in [5.74, 6) is 0.736. The van der Waals surface area contributed by atoms with Gasteiger partial charge in [0.2, 0.25) is 0 Å². The lowest BCUT2D eigenvalue weighted by Crippen LogP contribution is -2.12. The van der Waals surface area contributed by atoms with Crippen molar-refractivity contribution < 1.29 is 14.4 Å². The zero-order valence-corrected chi connectivity index (χ0v) is 7.97. The first-order valence-corrected chi connectivity index (χ1v) is 4.48. The average Bonchev–Trinajstić information content (AvgIpc) is 2.26. The Kier molecular flexibility index (Phi) is 2.53. The van der Waals surface area contributed by atoms with Crippen molar-refractivity contribution in [3.63, 3.8) is 0 Å². The van der Waals surface area contributed by atoms with Crippen LogP contribution in [0.1, 0.15) is 11.1 Å². The van der Waals surface area contributed by atoms with Crippen LogP contribution in [-0.4, -0.2) is 12.3 Å². The third-order valence-corrected chi connectivity index (χ3v) is 2.04. The molecular formula is C10H10N2O3. The summed E-state index contributed by atoms with van der Waals surface area (Å²) in [6, 6.07) is 5.51. The number of benzene rings is 1. The Hall–Kier alpha value is -2.04. The quantitative estimate of drug-likeness (QED) is 0.790. The van der Waals surface area contributed by atoms with Crippen molar-refractivity contribution in [2.75, 3.05) is 0 Å². The van der Waals surface area contributed by atoms with Crippen LogP contribution < -0.4 is 10.6 Å². The Balaban J connectivity index is 2.12. The normalized spacial score (nSPS) is 12.8. The molecule has 0 aliphatic carbocycles. The Morgan fingerprint density at radius 2 is 2.47 bits per heavy atom. The fourth-order valence-electron chi connectivity index (χ4n) is 1.36. The molecule has 1 aliphatic rings. The summed E-state index contributed by atoms with van der Waals surface area (Å²) in [6.45, 7) is 0.180. The Labute approximate surface area is 86.5 Å². The maximum atomic E-state index is 10.4. The van der Waals surface area contributed by atoms with Crippen molar-refractivity contribution >= 4 is 12.3 Å².